The van der Waals surface area contributed by atoms with Crippen LogP contribution in [0.15, 0.2) is 36.4 Å². The fourth-order valence-corrected chi connectivity index (χ4v) is 2.15. The molecule has 0 atom stereocenters. The molecule has 2 rings (SSSR count). The molecule has 0 fully saturated rings. The first kappa shape index (κ1) is 14.8. The van der Waals surface area contributed by atoms with Crippen LogP contribution in [0.25, 0.3) is 0 Å². The van der Waals surface area contributed by atoms with E-state index < -0.39 is 0 Å². The molecule has 0 aliphatic carbocycles. The fraction of sp³-hybridized carbons (Fsp3) is 0.200. The second kappa shape index (κ2) is 6.73. The van der Waals surface area contributed by atoms with Crippen LogP contribution in [0, 0.1) is 0 Å². The highest BCUT2D eigenvalue weighted by Gasteiger charge is 2.05. The summed E-state index contributed by atoms with van der Waals surface area (Å²) in [5, 5.41) is 4.38. The van der Waals surface area contributed by atoms with Gasteiger partial charge >= 0.3 is 0 Å². The van der Waals surface area contributed by atoms with E-state index in [0.29, 0.717) is 28.1 Å². The van der Waals surface area contributed by atoms with Gasteiger partial charge in [0.2, 0.25) is 0 Å². The molecule has 0 unspecified atom stereocenters. The monoisotopic (exact) mass is 310 g/mol. The number of ether oxygens (including phenoxy) is 1. The van der Waals surface area contributed by atoms with Crippen LogP contribution in [-0.2, 0) is 0 Å². The van der Waals surface area contributed by atoms with Gasteiger partial charge in [-0.05, 0) is 36.8 Å². The molecule has 5 heteroatoms. The zero-order valence-electron chi connectivity index (χ0n) is 11.1. The largest absolute Gasteiger partial charge is 0.491 e. The quantitative estimate of drug-likeness (QED) is 0.754. The van der Waals surface area contributed by atoms with Gasteiger partial charge in [0.25, 0.3) is 0 Å². The standard InChI is InChI=1S/C15H16Cl2N2O/c1-2-7-20-15-9-11(4-5-13(15)18)19-14-6-3-10(16)8-12(14)17/h3-6,8-9,19H,2,7,18H2,1H3. The predicted octanol–water partition coefficient (Wildman–Crippen LogP) is 5.11. The molecule has 20 heavy (non-hydrogen) atoms. The minimum absolute atomic E-state index is 0.561. The summed E-state index contributed by atoms with van der Waals surface area (Å²) in [6.45, 7) is 2.68. The van der Waals surface area contributed by atoms with Gasteiger partial charge in [0, 0.05) is 16.8 Å². The SMILES string of the molecule is CCCOc1cc(Nc2ccc(Cl)cc2Cl)ccc1N. The number of rotatable bonds is 5. The normalized spacial score (nSPS) is 10.3. The van der Waals surface area contributed by atoms with Gasteiger partial charge in [0.15, 0.2) is 0 Å². The Balaban J connectivity index is 2.20. The van der Waals surface area contributed by atoms with Gasteiger partial charge < -0.3 is 15.8 Å². The third-order valence-electron chi connectivity index (χ3n) is 2.69. The summed E-state index contributed by atoms with van der Waals surface area (Å²) in [5.74, 6) is 0.668. The van der Waals surface area contributed by atoms with Crippen molar-refractivity contribution in [3.8, 4) is 5.75 Å². The van der Waals surface area contributed by atoms with Crippen molar-refractivity contribution in [2.45, 2.75) is 13.3 Å². The summed E-state index contributed by atoms with van der Waals surface area (Å²) >= 11 is 12.0. The predicted molar refractivity (Wildman–Crippen MR) is 86.4 cm³/mol. The number of hydrogen-bond donors (Lipinski definition) is 2. The van der Waals surface area contributed by atoms with Crippen molar-refractivity contribution in [1.29, 1.82) is 0 Å². The highest BCUT2D eigenvalue weighted by atomic mass is 35.5. The van der Waals surface area contributed by atoms with Crippen LogP contribution in [0.3, 0.4) is 0 Å². The van der Waals surface area contributed by atoms with Crippen LogP contribution in [-0.4, -0.2) is 6.61 Å². The Bertz CT molecular complexity index is 602. The third kappa shape index (κ3) is 3.71. The Labute approximate surface area is 128 Å². The molecular formula is C15H16Cl2N2O. The summed E-state index contributed by atoms with van der Waals surface area (Å²) in [5.41, 5.74) is 8.13. The number of halogens is 2. The van der Waals surface area contributed by atoms with Crippen molar-refractivity contribution in [3.63, 3.8) is 0 Å². The molecule has 0 amide bonds. The Morgan fingerprint density at radius 1 is 1.15 bits per heavy atom. The molecule has 0 aromatic heterocycles. The number of anilines is 3. The lowest BCUT2D eigenvalue weighted by Crippen LogP contribution is -2.00. The van der Waals surface area contributed by atoms with Crippen molar-refractivity contribution < 1.29 is 4.74 Å². The van der Waals surface area contributed by atoms with Gasteiger partial charge in [-0.1, -0.05) is 30.1 Å². The van der Waals surface area contributed by atoms with Crippen molar-refractivity contribution >= 4 is 40.3 Å². The maximum atomic E-state index is 6.13. The number of nitrogens with two attached hydrogens (primary N) is 1. The molecular weight excluding hydrogens is 295 g/mol. The average Bonchev–Trinajstić information content (AvgIpc) is 2.42. The van der Waals surface area contributed by atoms with E-state index in [0.717, 1.165) is 17.8 Å². The average molecular weight is 311 g/mol. The fourth-order valence-electron chi connectivity index (χ4n) is 1.70. The number of nitrogens with one attached hydrogen (secondary N) is 1. The molecule has 0 heterocycles. The number of nitrogen functional groups attached to an aromatic ring is 1. The summed E-state index contributed by atoms with van der Waals surface area (Å²) in [7, 11) is 0. The van der Waals surface area contributed by atoms with Crippen LogP contribution in [0.1, 0.15) is 13.3 Å². The van der Waals surface area contributed by atoms with Gasteiger partial charge in [-0.15, -0.1) is 0 Å². The molecule has 0 radical (unpaired) electrons. The molecule has 0 aliphatic heterocycles. The second-order valence-corrected chi connectivity index (χ2v) is 5.19. The number of benzene rings is 2. The van der Waals surface area contributed by atoms with E-state index in [4.69, 9.17) is 33.7 Å². The Morgan fingerprint density at radius 2 is 1.95 bits per heavy atom. The van der Waals surface area contributed by atoms with Crippen molar-refractivity contribution in [1.82, 2.24) is 0 Å². The van der Waals surface area contributed by atoms with Gasteiger partial charge in [-0.25, -0.2) is 0 Å². The third-order valence-corrected chi connectivity index (χ3v) is 3.23. The lowest BCUT2D eigenvalue weighted by molar-refractivity contribution is 0.319. The molecule has 0 spiro atoms. The molecule has 0 aliphatic rings. The lowest BCUT2D eigenvalue weighted by Gasteiger charge is -2.12. The maximum Gasteiger partial charge on any atom is 0.144 e. The van der Waals surface area contributed by atoms with E-state index in [1.807, 2.05) is 25.1 Å². The van der Waals surface area contributed by atoms with Crippen LogP contribution in [0.5, 0.6) is 5.75 Å². The van der Waals surface area contributed by atoms with E-state index in [1.54, 1.807) is 18.2 Å². The molecule has 0 saturated heterocycles. The first-order valence-electron chi connectivity index (χ1n) is 6.34. The topological polar surface area (TPSA) is 47.3 Å². The second-order valence-electron chi connectivity index (χ2n) is 4.35. The summed E-state index contributed by atoms with van der Waals surface area (Å²) in [6.07, 6.45) is 0.931. The molecule has 0 bridgehead atoms. The van der Waals surface area contributed by atoms with Gasteiger partial charge in [0.05, 0.1) is 23.0 Å². The maximum absolute atomic E-state index is 6.13. The lowest BCUT2D eigenvalue weighted by atomic mass is 10.2. The first-order chi connectivity index (χ1) is 9.60. The van der Waals surface area contributed by atoms with Gasteiger partial charge in [-0.3, -0.25) is 0 Å². The zero-order valence-corrected chi connectivity index (χ0v) is 12.6. The first-order valence-corrected chi connectivity index (χ1v) is 7.10. The van der Waals surface area contributed by atoms with Crippen LogP contribution >= 0.6 is 23.2 Å². The Kier molecular flexibility index (Phi) is 4.99. The Hall–Kier alpha value is -1.58. The van der Waals surface area contributed by atoms with E-state index in [-0.39, 0.29) is 0 Å². The number of hydrogen-bond acceptors (Lipinski definition) is 3. The Morgan fingerprint density at radius 3 is 2.65 bits per heavy atom. The summed E-state index contributed by atoms with van der Waals surface area (Å²) in [6, 6.07) is 10.8. The van der Waals surface area contributed by atoms with E-state index in [1.165, 1.54) is 0 Å². The highest BCUT2D eigenvalue weighted by molar-refractivity contribution is 6.36. The van der Waals surface area contributed by atoms with Crippen molar-refractivity contribution in [2.24, 2.45) is 0 Å². The smallest absolute Gasteiger partial charge is 0.144 e. The summed E-state index contributed by atoms with van der Waals surface area (Å²) in [4.78, 5) is 0. The molecule has 0 saturated carbocycles. The molecule has 2 aromatic rings. The molecule has 106 valence electrons. The zero-order chi connectivity index (χ0) is 14.5. The van der Waals surface area contributed by atoms with Crippen LogP contribution in [0.4, 0.5) is 17.1 Å². The minimum atomic E-state index is 0.561. The van der Waals surface area contributed by atoms with E-state index in [9.17, 15) is 0 Å². The highest BCUT2D eigenvalue weighted by Crippen LogP contribution is 2.31. The van der Waals surface area contributed by atoms with Gasteiger partial charge in [0.1, 0.15) is 5.75 Å². The molecule has 3 N–H and O–H groups in total. The minimum Gasteiger partial charge on any atom is -0.491 e. The molecule has 3 nitrogen and oxygen atoms in total. The van der Waals surface area contributed by atoms with E-state index in [2.05, 4.69) is 5.32 Å². The van der Waals surface area contributed by atoms with Gasteiger partial charge in [-0.2, -0.15) is 0 Å². The van der Waals surface area contributed by atoms with E-state index >= 15 is 0 Å². The molecule has 2 aromatic carbocycles. The van der Waals surface area contributed by atoms with Crippen molar-refractivity contribution in [2.75, 3.05) is 17.7 Å². The summed E-state index contributed by atoms with van der Waals surface area (Å²) < 4.78 is 5.59. The van der Waals surface area contributed by atoms with Crippen molar-refractivity contribution in [3.05, 3.63) is 46.4 Å². The van der Waals surface area contributed by atoms with Crippen LogP contribution in [0.2, 0.25) is 10.0 Å². The van der Waals surface area contributed by atoms with Crippen LogP contribution < -0.4 is 15.8 Å².